The summed E-state index contributed by atoms with van der Waals surface area (Å²) in [4.78, 5) is 27.4. The number of rotatable bonds is 9. The molecule has 1 fully saturated rings. The van der Waals surface area contributed by atoms with Gasteiger partial charge in [-0.3, -0.25) is 9.59 Å². The van der Waals surface area contributed by atoms with Crippen molar-refractivity contribution in [3.8, 4) is 17.2 Å². The van der Waals surface area contributed by atoms with Crippen LogP contribution in [0.25, 0.3) is 5.69 Å². The van der Waals surface area contributed by atoms with Crippen LogP contribution < -0.4 is 14.9 Å². The first kappa shape index (κ1) is 26.7. The van der Waals surface area contributed by atoms with Crippen molar-refractivity contribution in [1.29, 1.82) is 0 Å². The van der Waals surface area contributed by atoms with Gasteiger partial charge >= 0.3 is 0 Å². The lowest BCUT2D eigenvalue weighted by atomic mass is 10.1. The minimum atomic E-state index is -0.309. The molecule has 0 bridgehead atoms. The number of hydrazone groups is 1. The van der Waals surface area contributed by atoms with Crippen LogP contribution in [0.1, 0.15) is 51.1 Å². The van der Waals surface area contributed by atoms with Crippen LogP contribution in [0.4, 0.5) is 0 Å². The van der Waals surface area contributed by atoms with Crippen molar-refractivity contribution < 1.29 is 19.1 Å². The monoisotopic (exact) mass is 536 g/mol. The van der Waals surface area contributed by atoms with Crippen LogP contribution >= 0.6 is 0 Å². The Bertz CT molecular complexity index is 1470. The van der Waals surface area contributed by atoms with E-state index in [0.717, 1.165) is 42.7 Å². The van der Waals surface area contributed by atoms with Gasteiger partial charge in [0.05, 0.1) is 24.6 Å². The highest BCUT2D eigenvalue weighted by molar-refractivity contribution is 5.98. The van der Waals surface area contributed by atoms with Gasteiger partial charge in [-0.1, -0.05) is 24.3 Å². The number of para-hydroxylation sites is 1. The van der Waals surface area contributed by atoms with Gasteiger partial charge in [0.25, 0.3) is 11.8 Å². The average molecular weight is 537 g/mol. The van der Waals surface area contributed by atoms with Gasteiger partial charge in [-0.2, -0.15) is 5.10 Å². The molecule has 2 heterocycles. The van der Waals surface area contributed by atoms with E-state index >= 15 is 0 Å². The molecule has 1 aliphatic rings. The van der Waals surface area contributed by atoms with Crippen molar-refractivity contribution in [3.63, 3.8) is 0 Å². The van der Waals surface area contributed by atoms with Gasteiger partial charge in [0.2, 0.25) is 0 Å². The first-order valence-electron chi connectivity index (χ1n) is 13.4. The van der Waals surface area contributed by atoms with Crippen LogP contribution in [-0.4, -0.2) is 47.7 Å². The summed E-state index contributed by atoms with van der Waals surface area (Å²) in [6.45, 7) is 2.00. The summed E-state index contributed by atoms with van der Waals surface area (Å²) in [5.74, 6) is 0.909. The van der Waals surface area contributed by atoms with E-state index in [4.69, 9.17) is 9.47 Å². The zero-order chi connectivity index (χ0) is 27.7. The molecule has 8 nitrogen and oxygen atoms in total. The Hall–Kier alpha value is -4.85. The van der Waals surface area contributed by atoms with Crippen molar-refractivity contribution in [1.82, 2.24) is 14.9 Å². The molecule has 0 saturated carbocycles. The zero-order valence-electron chi connectivity index (χ0n) is 22.5. The van der Waals surface area contributed by atoms with Gasteiger partial charge < -0.3 is 18.9 Å². The highest BCUT2D eigenvalue weighted by Crippen LogP contribution is 2.28. The minimum Gasteiger partial charge on any atom is -0.493 e. The van der Waals surface area contributed by atoms with E-state index in [0.29, 0.717) is 29.2 Å². The van der Waals surface area contributed by atoms with Crippen LogP contribution in [0, 0.1) is 0 Å². The Morgan fingerprint density at radius 1 is 0.900 bits per heavy atom. The zero-order valence-corrected chi connectivity index (χ0v) is 22.5. The number of carbonyl (C=O) groups is 2. The topological polar surface area (TPSA) is 85.2 Å². The summed E-state index contributed by atoms with van der Waals surface area (Å²) < 4.78 is 13.4. The number of piperidine rings is 1. The number of hydrogen-bond donors (Lipinski definition) is 1. The SMILES string of the molecule is COc1cc(/C=N\NC(=O)c2ccccc2-n2cccc2)ccc1OCc1ccc(C(=O)N2CCCCC2)cc1. The second-order valence-electron chi connectivity index (χ2n) is 9.56. The summed E-state index contributed by atoms with van der Waals surface area (Å²) >= 11 is 0. The van der Waals surface area contributed by atoms with Crippen molar-refractivity contribution in [2.45, 2.75) is 25.9 Å². The van der Waals surface area contributed by atoms with E-state index in [1.807, 2.05) is 82.5 Å². The van der Waals surface area contributed by atoms with Crippen molar-refractivity contribution in [2.24, 2.45) is 5.10 Å². The Balaban J connectivity index is 1.18. The molecule has 1 aliphatic heterocycles. The lowest BCUT2D eigenvalue weighted by Crippen LogP contribution is -2.35. The molecule has 0 unspecified atom stereocenters. The molecule has 2 amide bonds. The average Bonchev–Trinajstić information content (AvgIpc) is 3.56. The molecule has 1 aromatic heterocycles. The van der Waals surface area contributed by atoms with Crippen LogP contribution in [0.15, 0.2) is 96.4 Å². The molecule has 0 radical (unpaired) electrons. The minimum absolute atomic E-state index is 0.0902. The Kier molecular flexibility index (Phi) is 8.56. The molecule has 0 atom stereocenters. The van der Waals surface area contributed by atoms with E-state index in [1.54, 1.807) is 31.5 Å². The van der Waals surface area contributed by atoms with Gasteiger partial charge in [0.1, 0.15) is 6.61 Å². The van der Waals surface area contributed by atoms with Gasteiger partial charge in [-0.05, 0) is 85.0 Å². The summed E-state index contributed by atoms with van der Waals surface area (Å²) in [6, 6.07) is 24.1. The predicted octanol–water partition coefficient (Wildman–Crippen LogP) is 5.45. The van der Waals surface area contributed by atoms with Crippen molar-refractivity contribution >= 4 is 18.0 Å². The Morgan fingerprint density at radius 2 is 1.65 bits per heavy atom. The Labute approximate surface area is 233 Å². The normalized spacial score (nSPS) is 13.3. The summed E-state index contributed by atoms with van der Waals surface area (Å²) in [7, 11) is 1.57. The molecule has 204 valence electrons. The third-order valence-electron chi connectivity index (χ3n) is 6.84. The number of benzene rings is 3. The van der Waals surface area contributed by atoms with Crippen molar-refractivity contribution in [3.05, 3.63) is 114 Å². The molecule has 4 aromatic rings. The highest BCUT2D eigenvalue weighted by atomic mass is 16.5. The summed E-state index contributed by atoms with van der Waals surface area (Å²) in [5, 5.41) is 4.13. The number of ether oxygens (including phenoxy) is 2. The molecule has 0 aliphatic carbocycles. The number of nitrogens with zero attached hydrogens (tertiary/aromatic N) is 3. The van der Waals surface area contributed by atoms with E-state index in [1.165, 1.54) is 6.42 Å². The fourth-order valence-electron chi connectivity index (χ4n) is 4.68. The number of methoxy groups -OCH3 is 1. The molecule has 40 heavy (non-hydrogen) atoms. The molecule has 8 heteroatoms. The number of hydrogen-bond acceptors (Lipinski definition) is 5. The first-order valence-corrected chi connectivity index (χ1v) is 13.4. The molecule has 0 spiro atoms. The number of carbonyl (C=O) groups excluding carboxylic acids is 2. The van der Waals surface area contributed by atoms with E-state index in [9.17, 15) is 9.59 Å². The number of likely N-dealkylation sites (tertiary alicyclic amines) is 1. The third-order valence-corrected chi connectivity index (χ3v) is 6.84. The van der Waals surface area contributed by atoms with E-state index in [2.05, 4.69) is 10.5 Å². The molecule has 1 N–H and O–H groups in total. The lowest BCUT2D eigenvalue weighted by Gasteiger charge is -2.26. The van der Waals surface area contributed by atoms with Gasteiger partial charge in [-0.15, -0.1) is 0 Å². The number of aromatic nitrogens is 1. The largest absolute Gasteiger partial charge is 0.493 e. The second-order valence-corrected chi connectivity index (χ2v) is 9.56. The molecular formula is C32H32N4O4. The molecule has 5 rings (SSSR count). The van der Waals surface area contributed by atoms with Crippen LogP contribution in [0.3, 0.4) is 0 Å². The molecular weight excluding hydrogens is 504 g/mol. The second kappa shape index (κ2) is 12.8. The molecule has 3 aromatic carbocycles. The summed E-state index contributed by atoms with van der Waals surface area (Å²) in [5.41, 5.74) is 6.28. The number of nitrogens with one attached hydrogen (secondary N) is 1. The fraction of sp³-hybridized carbons (Fsp3) is 0.219. The smallest absolute Gasteiger partial charge is 0.273 e. The van der Waals surface area contributed by atoms with Gasteiger partial charge in [0.15, 0.2) is 11.5 Å². The molecule has 1 saturated heterocycles. The number of amides is 2. The maximum Gasteiger partial charge on any atom is 0.273 e. The van der Waals surface area contributed by atoms with Crippen LogP contribution in [0.5, 0.6) is 11.5 Å². The summed E-state index contributed by atoms with van der Waals surface area (Å²) in [6.07, 6.45) is 8.67. The first-order chi connectivity index (χ1) is 19.6. The van der Waals surface area contributed by atoms with E-state index in [-0.39, 0.29) is 11.8 Å². The highest BCUT2D eigenvalue weighted by Gasteiger charge is 2.18. The lowest BCUT2D eigenvalue weighted by molar-refractivity contribution is 0.0724. The third kappa shape index (κ3) is 6.40. The quantitative estimate of drug-likeness (QED) is 0.228. The van der Waals surface area contributed by atoms with Gasteiger partial charge in [-0.25, -0.2) is 5.43 Å². The predicted molar refractivity (Wildman–Crippen MR) is 154 cm³/mol. The fourth-order valence-corrected chi connectivity index (χ4v) is 4.68. The van der Waals surface area contributed by atoms with Gasteiger partial charge in [0, 0.05) is 31.0 Å². The van der Waals surface area contributed by atoms with Crippen LogP contribution in [0.2, 0.25) is 0 Å². The van der Waals surface area contributed by atoms with E-state index < -0.39 is 0 Å². The Morgan fingerprint density at radius 3 is 2.40 bits per heavy atom. The van der Waals surface area contributed by atoms with Crippen LogP contribution in [-0.2, 0) is 6.61 Å². The maximum absolute atomic E-state index is 12.8. The van der Waals surface area contributed by atoms with Crippen molar-refractivity contribution in [2.75, 3.05) is 20.2 Å². The maximum atomic E-state index is 12.8. The standard InChI is InChI=1S/C32H32N4O4/c1-39-30-21-25(22-33-34-31(37)27-9-3-4-10-28(27)35-17-7-8-18-35)13-16-29(30)40-23-24-11-14-26(15-12-24)32(38)36-19-5-2-6-20-36/h3-4,7-18,21-22H,2,5-6,19-20,23H2,1H3,(H,34,37)/b33-22-.